The number of hydrogen-bond acceptors (Lipinski definition) is 7. The Labute approximate surface area is 241 Å². The van der Waals surface area contributed by atoms with Crippen LogP contribution in [0.2, 0.25) is 0 Å². The van der Waals surface area contributed by atoms with E-state index in [1.807, 2.05) is 37.3 Å². The molecule has 2 N–H and O–H groups in total. The third kappa shape index (κ3) is 5.50. The lowest BCUT2D eigenvalue weighted by molar-refractivity contribution is -0.140. The van der Waals surface area contributed by atoms with Crippen molar-refractivity contribution in [2.24, 2.45) is 0 Å². The second-order valence-corrected chi connectivity index (χ2v) is 10.6. The van der Waals surface area contributed by atoms with Gasteiger partial charge in [-0.05, 0) is 25.1 Å². The van der Waals surface area contributed by atoms with Crippen molar-refractivity contribution >= 4 is 11.8 Å². The van der Waals surface area contributed by atoms with E-state index in [4.69, 9.17) is 14.6 Å². The lowest BCUT2D eigenvalue weighted by atomic mass is 10.0. The van der Waals surface area contributed by atoms with Gasteiger partial charge in [-0.3, -0.25) is 10.2 Å². The summed E-state index contributed by atoms with van der Waals surface area (Å²) in [5, 5.41) is 10.9. The zero-order valence-electron chi connectivity index (χ0n) is 23.3. The molecule has 2 saturated heterocycles. The summed E-state index contributed by atoms with van der Waals surface area (Å²) in [7, 11) is 1.64. The molecule has 0 bridgehead atoms. The monoisotopic (exact) mass is 578 g/mol. The number of para-hydroxylation sites is 1. The van der Waals surface area contributed by atoms with Crippen LogP contribution in [0, 0.1) is 12.7 Å². The fourth-order valence-electron chi connectivity index (χ4n) is 5.38. The molecule has 3 aromatic heterocycles. The Hall–Kier alpha value is -4.20. The summed E-state index contributed by atoms with van der Waals surface area (Å²) in [5.41, 5.74) is 0.875. The van der Waals surface area contributed by atoms with Crippen molar-refractivity contribution < 1.29 is 23.0 Å². The van der Waals surface area contributed by atoms with Crippen LogP contribution >= 0.6 is 0 Å². The van der Waals surface area contributed by atoms with Crippen molar-refractivity contribution in [3.8, 4) is 16.9 Å². The highest BCUT2D eigenvalue weighted by Crippen LogP contribution is 2.34. The lowest BCUT2D eigenvalue weighted by Gasteiger charge is -2.31. The molecule has 6 rings (SSSR count). The highest BCUT2D eigenvalue weighted by Gasteiger charge is 2.43. The van der Waals surface area contributed by atoms with E-state index < -0.39 is 11.7 Å². The molecular formula is C29H32F2N8O3. The third-order valence-corrected chi connectivity index (χ3v) is 7.70. The van der Waals surface area contributed by atoms with Crippen molar-refractivity contribution in [2.45, 2.75) is 24.7 Å². The van der Waals surface area contributed by atoms with Crippen LogP contribution in [0.1, 0.15) is 17.4 Å². The number of urea groups is 1. The van der Waals surface area contributed by atoms with Crippen LogP contribution in [0.3, 0.4) is 0 Å². The summed E-state index contributed by atoms with van der Waals surface area (Å²) >= 11 is 0. The molecule has 2 fully saturated rings. The predicted octanol–water partition coefficient (Wildman–Crippen LogP) is 3.47. The zero-order valence-corrected chi connectivity index (χ0v) is 23.3. The molecule has 2 unspecified atom stereocenters. The van der Waals surface area contributed by atoms with Gasteiger partial charge in [0.25, 0.3) is 0 Å². The smallest absolute Gasteiger partial charge is 0.320 e. The van der Waals surface area contributed by atoms with Crippen molar-refractivity contribution in [3.63, 3.8) is 0 Å². The SMILES string of the molecule is COCCN1CC(NC(=O)Nc2c(C)c(-c3cnc(C4(F)COC4)nc3)nn2-c2ccccc2)C(n2ccc(F)c2)C1. The highest BCUT2D eigenvalue weighted by molar-refractivity contribution is 5.91. The van der Waals surface area contributed by atoms with Crippen molar-refractivity contribution in [2.75, 3.05) is 51.9 Å². The Morgan fingerprint density at radius 2 is 1.93 bits per heavy atom. The third-order valence-electron chi connectivity index (χ3n) is 7.70. The van der Waals surface area contributed by atoms with E-state index in [1.165, 1.54) is 24.7 Å². The van der Waals surface area contributed by atoms with Crippen LogP contribution < -0.4 is 10.6 Å². The molecule has 42 heavy (non-hydrogen) atoms. The number of amides is 2. The molecule has 0 saturated carbocycles. The van der Waals surface area contributed by atoms with Crippen LogP contribution in [0.15, 0.2) is 61.2 Å². The summed E-state index contributed by atoms with van der Waals surface area (Å²) < 4.78 is 42.2. The molecule has 4 aromatic rings. The quantitative estimate of drug-likeness (QED) is 0.313. The van der Waals surface area contributed by atoms with Gasteiger partial charge < -0.3 is 19.4 Å². The van der Waals surface area contributed by atoms with Gasteiger partial charge in [-0.15, -0.1) is 0 Å². The van der Waals surface area contributed by atoms with Gasteiger partial charge in [-0.1, -0.05) is 18.2 Å². The first-order chi connectivity index (χ1) is 20.3. The number of aromatic nitrogens is 5. The number of carbonyl (C=O) groups excluding carboxylic acids is 1. The molecule has 220 valence electrons. The average Bonchev–Trinajstić information content (AvgIpc) is 3.68. The second kappa shape index (κ2) is 11.6. The van der Waals surface area contributed by atoms with Crippen LogP contribution in [0.25, 0.3) is 16.9 Å². The van der Waals surface area contributed by atoms with Gasteiger partial charge in [0.1, 0.15) is 17.3 Å². The lowest BCUT2D eigenvalue weighted by Crippen LogP contribution is -2.43. The van der Waals surface area contributed by atoms with E-state index in [1.54, 1.807) is 22.6 Å². The maximum atomic E-state index is 14.7. The van der Waals surface area contributed by atoms with Gasteiger partial charge in [0.2, 0.25) is 5.67 Å². The normalized spacial score (nSPS) is 19.9. The minimum absolute atomic E-state index is 0.0670. The predicted molar refractivity (Wildman–Crippen MR) is 151 cm³/mol. The Kier molecular flexibility index (Phi) is 7.71. The topological polar surface area (TPSA) is 111 Å². The van der Waals surface area contributed by atoms with E-state index in [9.17, 15) is 13.6 Å². The molecule has 5 heterocycles. The minimum atomic E-state index is -1.68. The first-order valence-electron chi connectivity index (χ1n) is 13.7. The number of alkyl halides is 1. The van der Waals surface area contributed by atoms with Gasteiger partial charge >= 0.3 is 6.03 Å². The molecule has 13 heteroatoms. The number of likely N-dealkylation sites (tertiary alicyclic amines) is 1. The standard InChI is InChI=1S/C29H32F2N8O3/c1-19-25(20-12-32-27(33-13-20)29(31)17-42-18-29)36-39(22-6-4-3-5-7-22)26(19)35-28(40)34-23-15-37(10-11-41-2)16-24(23)38-9-8-21(30)14-38/h3-9,12-14,23-24H,10-11,15-18H2,1-2H3,(H2,34,35,40). The molecule has 2 atom stereocenters. The summed E-state index contributed by atoms with van der Waals surface area (Å²) in [6.07, 6.45) is 6.19. The average molecular weight is 579 g/mol. The number of nitrogens with one attached hydrogen (secondary N) is 2. The fraction of sp³-hybridized carbons (Fsp3) is 0.379. The van der Waals surface area contributed by atoms with E-state index in [0.717, 1.165) is 5.69 Å². The molecule has 2 amide bonds. The van der Waals surface area contributed by atoms with Crippen molar-refractivity contribution in [1.82, 2.24) is 34.5 Å². The number of ether oxygens (including phenoxy) is 2. The molecule has 1 aromatic carbocycles. The summed E-state index contributed by atoms with van der Waals surface area (Å²) in [6.45, 7) is 4.16. The Balaban J connectivity index is 1.26. The number of rotatable bonds is 9. The Morgan fingerprint density at radius 3 is 2.57 bits per heavy atom. The molecule has 0 spiro atoms. The largest absolute Gasteiger partial charge is 0.383 e. The number of hydrogen-bond donors (Lipinski definition) is 2. The molecule has 2 aliphatic heterocycles. The Bertz CT molecular complexity index is 1540. The fourth-order valence-corrected chi connectivity index (χ4v) is 5.38. The van der Waals surface area contributed by atoms with E-state index in [-0.39, 0.29) is 36.9 Å². The number of anilines is 1. The number of carbonyl (C=O) groups is 1. The molecule has 11 nitrogen and oxygen atoms in total. The maximum absolute atomic E-state index is 14.7. The first-order valence-corrected chi connectivity index (χ1v) is 13.7. The molecule has 0 aliphatic carbocycles. The Morgan fingerprint density at radius 1 is 1.17 bits per heavy atom. The number of nitrogens with zero attached hydrogens (tertiary/aromatic N) is 6. The number of halogens is 2. The first kappa shape index (κ1) is 27.9. The molecule has 0 radical (unpaired) electrons. The van der Waals surface area contributed by atoms with E-state index >= 15 is 0 Å². The highest BCUT2D eigenvalue weighted by atomic mass is 19.1. The minimum Gasteiger partial charge on any atom is -0.383 e. The molecule has 2 aliphatic rings. The number of methoxy groups -OCH3 is 1. The maximum Gasteiger partial charge on any atom is 0.320 e. The molecular weight excluding hydrogens is 546 g/mol. The summed E-state index contributed by atoms with van der Waals surface area (Å²) in [4.78, 5) is 24.1. The van der Waals surface area contributed by atoms with Crippen molar-refractivity contribution in [3.05, 3.63) is 78.4 Å². The van der Waals surface area contributed by atoms with Gasteiger partial charge in [-0.25, -0.2) is 28.2 Å². The van der Waals surface area contributed by atoms with Crippen molar-refractivity contribution in [1.29, 1.82) is 0 Å². The van der Waals surface area contributed by atoms with E-state index in [0.29, 0.717) is 48.9 Å². The summed E-state index contributed by atoms with van der Waals surface area (Å²) in [5.74, 6) is 0.205. The summed E-state index contributed by atoms with van der Waals surface area (Å²) in [6, 6.07) is 9.94. The van der Waals surface area contributed by atoms with Gasteiger partial charge in [-0.2, -0.15) is 5.10 Å². The zero-order chi connectivity index (χ0) is 29.3. The van der Waals surface area contributed by atoms with Gasteiger partial charge in [0, 0.05) is 62.7 Å². The van der Waals surface area contributed by atoms with Crippen LogP contribution in [0.5, 0.6) is 0 Å². The van der Waals surface area contributed by atoms with Crippen LogP contribution in [-0.2, 0) is 15.1 Å². The second-order valence-electron chi connectivity index (χ2n) is 10.6. The van der Waals surface area contributed by atoms with Gasteiger partial charge in [0.05, 0.1) is 37.6 Å². The van der Waals surface area contributed by atoms with E-state index in [2.05, 4.69) is 25.5 Å². The van der Waals surface area contributed by atoms with Gasteiger partial charge in [0.15, 0.2) is 5.82 Å². The number of benzene rings is 1. The van der Waals surface area contributed by atoms with Crippen LogP contribution in [0.4, 0.5) is 19.4 Å². The van der Waals surface area contributed by atoms with Crippen LogP contribution in [-0.4, -0.2) is 87.9 Å².